The van der Waals surface area contributed by atoms with E-state index in [0.29, 0.717) is 5.82 Å². The average Bonchev–Trinajstić information content (AvgIpc) is 3.63. The molecule has 0 spiro atoms. The van der Waals surface area contributed by atoms with E-state index in [-0.39, 0.29) is 0 Å². The summed E-state index contributed by atoms with van der Waals surface area (Å²) in [6, 6.07) is 72.6. The Hall–Kier alpha value is -7.69. The molecule has 11 rings (SSSR count). The largest absolute Gasteiger partial charge is 0.309 e. The molecule has 4 nitrogen and oxygen atoms in total. The van der Waals surface area contributed by atoms with Gasteiger partial charge in [-0.25, -0.2) is 15.0 Å². The smallest absolute Gasteiger partial charge is 0.160 e. The van der Waals surface area contributed by atoms with E-state index in [1.807, 2.05) is 12.1 Å². The fraction of sp³-hybridized carbons (Fsp3) is 0. The zero-order valence-electron chi connectivity index (χ0n) is 30.9. The maximum Gasteiger partial charge on any atom is 0.160 e. The molecule has 57 heavy (non-hydrogen) atoms. The highest BCUT2D eigenvalue weighted by atomic mass is 15.0. The van der Waals surface area contributed by atoms with Gasteiger partial charge in [0.25, 0.3) is 0 Å². The number of pyridine rings is 1. The number of fused-ring (bicyclic) bond motifs is 6. The molecule has 11 aromatic rings. The van der Waals surface area contributed by atoms with Gasteiger partial charge in [0.15, 0.2) is 5.82 Å². The zero-order chi connectivity index (χ0) is 37.7. The van der Waals surface area contributed by atoms with E-state index >= 15 is 0 Å². The summed E-state index contributed by atoms with van der Waals surface area (Å²) < 4.78 is 2.35. The Bertz CT molecular complexity index is 3230. The molecule has 0 radical (unpaired) electrons. The van der Waals surface area contributed by atoms with E-state index in [9.17, 15) is 0 Å². The first kappa shape index (κ1) is 32.7. The van der Waals surface area contributed by atoms with E-state index < -0.39 is 0 Å². The first-order valence-corrected chi connectivity index (χ1v) is 19.3. The molecule has 0 fully saturated rings. The lowest BCUT2D eigenvalue weighted by Crippen LogP contribution is -1.98. The number of aromatic nitrogens is 4. The van der Waals surface area contributed by atoms with Crippen molar-refractivity contribution in [3.05, 3.63) is 206 Å². The topological polar surface area (TPSA) is 43.6 Å². The van der Waals surface area contributed by atoms with Crippen molar-refractivity contribution in [3.63, 3.8) is 0 Å². The van der Waals surface area contributed by atoms with Crippen molar-refractivity contribution in [1.82, 2.24) is 19.5 Å². The number of benzene rings is 8. The molecule has 0 saturated carbocycles. The molecular formula is C53H34N4. The van der Waals surface area contributed by atoms with Crippen LogP contribution < -0.4 is 0 Å². The third-order valence-electron chi connectivity index (χ3n) is 11.0. The summed E-state index contributed by atoms with van der Waals surface area (Å²) in [6.07, 6.45) is 0. The van der Waals surface area contributed by atoms with Crippen LogP contribution in [0.15, 0.2) is 206 Å². The minimum absolute atomic E-state index is 0.677. The summed E-state index contributed by atoms with van der Waals surface area (Å²) in [5, 5.41) is 5.85. The second-order valence-electron chi connectivity index (χ2n) is 14.4. The van der Waals surface area contributed by atoms with Crippen LogP contribution in [0.4, 0.5) is 0 Å². The second-order valence-corrected chi connectivity index (χ2v) is 14.4. The van der Waals surface area contributed by atoms with Crippen LogP contribution in [0.25, 0.3) is 105 Å². The maximum atomic E-state index is 5.29. The van der Waals surface area contributed by atoms with Gasteiger partial charge in [-0.15, -0.1) is 0 Å². The predicted octanol–water partition coefficient (Wildman–Crippen LogP) is 13.6. The molecule has 0 aliphatic heterocycles. The highest BCUT2D eigenvalue weighted by Gasteiger charge is 2.17. The highest BCUT2D eigenvalue weighted by molar-refractivity contribution is 6.14. The van der Waals surface area contributed by atoms with Crippen LogP contribution in [0.1, 0.15) is 0 Å². The summed E-state index contributed by atoms with van der Waals surface area (Å²) in [5.74, 6) is 0.677. The lowest BCUT2D eigenvalue weighted by Gasteiger charge is -2.14. The van der Waals surface area contributed by atoms with Crippen molar-refractivity contribution >= 4 is 43.5 Å². The Morgan fingerprint density at radius 2 is 0.895 bits per heavy atom. The van der Waals surface area contributed by atoms with Crippen molar-refractivity contribution in [2.75, 3.05) is 0 Å². The molecule has 8 aromatic carbocycles. The van der Waals surface area contributed by atoms with Crippen LogP contribution in [0, 0.1) is 0 Å². The molecule has 3 aromatic heterocycles. The predicted molar refractivity (Wildman–Crippen MR) is 236 cm³/mol. The molecule has 0 saturated heterocycles. The van der Waals surface area contributed by atoms with Gasteiger partial charge in [-0.05, 0) is 70.4 Å². The summed E-state index contributed by atoms with van der Waals surface area (Å²) >= 11 is 0. The Morgan fingerprint density at radius 1 is 0.333 bits per heavy atom. The standard InChI is InChI=1S/C53H34N4/c1-4-15-35(16-5-1)45-33-47(36-17-6-2-7-18-36)54-46-30-28-38-31-40(27-29-42(38)52(45)46)53-55-48(37-19-8-3-9-20-37)34-49(56-53)39-21-14-22-41(32-39)57-50-25-12-10-23-43(50)44-24-11-13-26-51(44)57/h1-34H. The Balaban J connectivity index is 1.08. The average molecular weight is 727 g/mol. The van der Waals surface area contributed by atoms with Crippen molar-refractivity contribution in [1.29, 1.82) is 0 Å². The number of hydrogen-bond donors (Lipinski definition) is 0. The minimum Gasteiger partial charge on any atom is -0.309 e. The van der Waals surface area contributed by atoms with Crippen LogP contribution >= 0.6 is 0 Å². The van der Waals surface area contributed by atoms with Gasteiger partial charge in [-0.1, -0.05) is 158 Å². The van der Waals surface area contributed by atoms with E-state index in [0.717, 1.165) is 77.8 Å². The van der Waals surface area contributed by atoms with Gasteiger partial charge >= 0.3 is 0 Å². The fourth-order valence-corrected chi connectivity index (χ4v) is 8.29. The second kappa shape index (κ2) is 13.6. The number of nitrogens with zero attached hydrogens (tertiary/aromatic N) is 4. The third kappa shape index (κ3) is 5.74. The molecule has 0 aliphatic carbocycles. The van der Waals surface area contributed by atoms with E-state index in [1.54, 1.807) is 0 Å². The summed E-state index contributed by atoms with van der Waals surface area (Å²) in [7, 11) is 0. The Labute approximate surface area is 330 Å². The van der Waals surface area contributed by atoms with Crippen LogP contribution in [0.2, 0.25) is 0 Å². The van der Waals surface area contributed by atoms with Crippen LogP contribution in [0.3, 0.4) is 0 Å². The minimum atomic E-state index is 0.677. The van der Waals surface area contributed by atoms with Gasteiger partial charge in [0.1, 0.15) is 0 Å². The Kier molecular flexibility index (Phi) is 7.78. The number of para-hydroxylation sites is 2. The molecule has 0 amide bonds. The van der Waals surface area contributed by atoms with Crippen molar-refractivity contribution in [2.45, 2.75) is 0 Å². The van der Waals surface area contributed by atoms with E-state index in [2.05, 4.69) is 199 Å². The zero-order valence-corrected chi connectivity index (χ0v) is 30.9. The lowest BCUT2D eigenvalue weighted by molar-refractivity contribution is 1.16. The molecule has 0 bridgehead atoms. The molecule has 0 atom stereocenters. The van der Waals surface area contributed by atoms with Gasteiger partial charge in [-0.3, -0.25) is 0 Å². The normalized spacial score (nSPS) is 11.5. The number of rotatable bonds is 6. The van der Waals surface area contributed by atoms with Crippen LogP contribution in [-0.2, 0) is 0 Å². The number of hydrogen-bond acceptors (Lipinski definition) is 3. The molecule has 0 aliphatic rings. The molecule has 0 N–H and O–H groups in total. The van der Waals surface area contributed by atoms with Gasteiger partial charge in [0.2, 0.25) is 0 Å². The monoisotopic (exact) mass is 726 g/mol. The van der Waals surface area contributed by atoms with Crippen molar-refractivity contribution < 1.29 is 0 Å². The third-order valence-corrected chi connectivity index (χ3v) is 11.0. The van der Waals surface area contributed by atoms with Gasteiger partial charge < -0.3 is 4.57 Å². The van der Waals surface area contributed by atoms with Gasteiger partial charge in [0, 0.05) is 44.1 Å². The molecular weight excluding hydrogens is 693 g/mol. The van der Waals surface area contributed by atoms with Gasteiger partial charge in [-0.2, -0.15) is 0 Å². The SMILES string of the molecule is c1ccc(-c2cc(-c3cccc(-n4c5ccccc5c5ccccc54)c3)nc(-c3ccc4c(ccc5nc(-c6ccccc6)cc(-c6ccccc6)c54)c3)n2)cc1. The lowest BCUT2D eigenvalue weighted by atomic mass is 9.94. The van der Waals surface area contributed by atoms with Crippen LogP contribution in [-0.4, -0.2) is 19.5 Å². The molecule has 3 heterocycles. The summed E-state index contributed by atoms with van der Waals surface area (Å²) in [6.45, 7) is 0. The quantitative estimate of drug-likeness (QED) is 0.160. The van der Waals surface area contributed by atoms with Crippen molar-refractivity contribution in [2.24, 2.45) is 0 Å². The van der Waals surface area contributed by atoms with Crippen LogP contribution in [0.5, 0.6) is 0 Å². The van der Waals surface area contributed by atoms with Gasteiger partial charge in [0.05, 0.1) is 33.6 Å². The maximum absolute atomic E-state index is 5.29. The molecule has 266 valence electrons. The van der Waals surface area contributed by atoms with E-state index in [1.165, 1.54) is 21.8 Å². The first-order valence-electron chi connectivity index (χ1n) is 19.3. The summed E-state index contributed by atoms with van der Waals surface area (Å²) in [4.78, 5) is 15.7. The highest BCUT2D eigenvalue weighted by Crippen LogP contribution is 2.39. The van der Waals surface area contributed by atoms with E-state index in [4.69, 9.17) is 15.0 Å². The fourth-order valence-electron chi connectivity index (χ4n) is 8.29. The Morgan fingerprint density at radius 3 is 1.56 bits per heavy atom. The van der Waals surface area contributed by atoms with Crippen molar-refractivity contribution in [3.8, 4) is 62.0 Å². The molecule has 0 unspecified atom stereocenters. The first-order chi connectivity index (χ1) is 28.2. The molecule has 4 heteroatoms. The summed E-state index contributed by atoms with van der Waals surface area (Å²) in [5.41, 5.74) is 13.5.